The van der Waals surface area contributed by atoms with Crippen molar-refractivity contribution in [1.82, 2.24) is 4.98 Å². The summed E-state index contributed by atoms with van der Waals surface area (Å²) in [7, 11) is 0. The summed E-state index contributed by atoms with van der Waals surface area (Å²) in [5.74, 6) is 0.680. The highest BCUT2D eigenvalue weighted by atomic mass is 16.2. The number of hydrogen-bond acceptors (Lipinski definition) is 2. The maximum atomic E-state index is 11.8. The molecule has 1 amide bonds. The zero-order chi connectivity index (χ0) is 10.6. The van der Waals surface area contributed by atoms with Crippen LogP contribution in [0.5, 0.6) is 0 Å². The van der Waals surface area contributed by atoms with Gasteiger partial charge in [0.05, 0.1) is 5.41 Å². The van der Waals surface area contributed by atoms with E-state index >= 15 is 0 Å². The van der Waals surface area contributed by atoms with Crippen molar-refractivity contribution in [1.29, 1.82) is 0 Å². The van der Waals surface area contributed by atoms with Gasteiger partial charge in [-0.25, -0.2) is 0 Å². The molecular weight excluding hydrogens is 188 g/mol. The molecule has 0 atom stereocenters. The van der Waals surface area contributed by atoms with Gasteiger partial charge < -0.3 is 5.32 Å². The SMILES string of the molecule is CC1(C)C(=O)Nc2ccnc(C3CC3)c21. The normalized spacial score (nSPS) is 22.4. The molecule has 1 aromatic heterocycles. The molecular formula is C12H14N2O. The van der Waals surface area contributed by atoms with Crippen LogP contribution in [0.15, 0.2) is 12.3 Å². The van der Waals surface area contributed by atoms with Crippen molar-refractivity contribution in [2.75, 3.05) is 5.32 Å². The van der Waals surface area contributed by atoms with Crippen molar-refractivity contribution in [2.24, 2.45) is 0 Å². The second kappa shape index (κ2) is 2.60. The smallest absolute Gasteiger partial charge is 0.234 e. The predicted octanol–water partition coefficient (Wildman–Crippen LogP) is 2.19. The minimum absolute atomic E-state index is 0.0902. The first-order chi connectivity index (χ1) is 7.10. The van der Waals surface area contributed by atoms with Crippen LogP contribution in [-0.2, 0) is 10.2 Å². The number of carbonyl (C=O) groups excluding carboxylic acids is 1. The van der Waals surface area contributed by atoms with Crippen molar-refractivity contribution in [3.8, 4) is 0 Å². The van der Waals surface area contributed by atoms with Crippen LogP contribution in [0.25, 0.3) is 0 Å². The van der Waals surface area contributed by atoms with E-state index in [1.165, 1.54) is 12.8 Å². The average Bonchev–Trinajstić information content (AvgIpc) is 2.96. The van der Waals surface area contributed by atoms with Gasteiger partial charge in [0.1, 0.15) is 0 Å². The second-order valence-electron chi connectivity index (χ2n) is 4.97. The minimum atomic E-state index is -0.415. The molecule has 1 aliphatic heterocycles. The summed E-state index contributed by atoms with van der Waals surface area (Å²) in [6, 6.07) is 1.90. The van der Waals surface area contributed by atoms with E-state index in [4.69, 9.17) is 0 Å². The number of fused-ring (bicyclic) bond motifs is 1. The number of rotatable bonds is 1. The molecule has 0 spiro atoms. The van der Waals surface area contributed by atoms with Crippen molar-refractivity contribution in [2.45, 2.75) is 38.0 Å². The number of nitrogens with one attached hydrogen (secondary N) is 1. The van der Waals surface area contributed by atoms with Crippen molar-refractivity contribution >= 4 is 11.6 Å². The van der Waals surface area contributed by atoms with Gasteiger partial charge in [0.2, 0.25) is 5.91 Å². The lowest BCUT2D eigenvalue weighted by Crippen LogP contribution is -2.27. The molecule has 0 aromatic carbocycles. The van der Waals surface area contributed by atoms with Crippen molar-refractivity contribution < 1.29 is 4.79 Å². The third-order valence-electron chi connectivity index (χ3n) is 3.39. The summed E-state index contributed by atoms with van der Waals surface area (Å²) in [4.78, 5) is 16.3. The Morgan fingerprint density at radius 3 is 2.87 bits per heavy atom. The van der Waals surface area contributed by atoms with E-state index in [-0.39, 0.29) is 5.91 Å². The topological polar surface area (TPSA) is 42.0 Å². The molecule has 1 aliphatic carbocycles. The van der Waals surface area contributed by atoms with Gasteiger partial charge in [-0.05, 0) is 32.8 Å². The third-order valence-corrected chi connectivity index (χ3v) is 3.39. The fraction of sp³-hybridized carbons (Fsp3) is 0.500. The number of carbonyl (C=O) groups is 1. The molecule has 3 heteroatoms. The Labute approximate surface area is 88.9 Å². The number of anilines is 1. The summed E-state index contributed by atoms with van der Waals surface area (Å²) in [6.07, 6.45) is 4.23. The number of pyridine rings is 1. The lowest BCUT2D eigenvalue weighted by Gasteiger charge is -2.17. The van der Waals surface area contributed by atoms with Crippen LogP contribution in [0.3, 0.4) is 0 Å². The van der Waals surface area contributed by atoms with E-state index in [1.807, 2.05) is 19.9 Å². The first kappa shape index (κ1) is 8.89. The van der Waals surface area contributed by atoms with Gasteiger partial charge in [-0.2, -0.15) is 0 Å². The van der Waals surface area contributed by atoms with E-state index in [1.54, 1.807) is 6.20 Å². The van der Waals surface area contributed by atoms with E-state index in [9.17, 15) is 4.79 Å². The number of nitrogens with zero attached hydrogens (tertiary/aromatic N) is 1. The molecule has 3 rings (SSSR count). The van der Waals surface area contributed by atoms with E-state index in [0.717, 1.165) is 16.9 Å². The van der Waals surface area contributed by atoms with Gasteiger partial charge in [0, 0.05) is 29.1 Å². The monoisotopic (exact) mass is 202 g/mol. The zero-order valence-electron chi connectivity index (χ0n) is 9.00. The Kier molecular flexibility index (Phi) is 1.54. The van der Waals surface area contributed by atoms with Crippen LogP contribution >= 0.6 is 0 Å². The quantitative estimate of drug-likeness (QED) is 0.758. The summed E-state index contributed by atoms with van der Waals surface area (Å²) in [6.45, 7) is 3.95. The van der Waals surface area contributed by atoms with E-state index in [2.05, 4.69) is 10.3 Å². The highest BCUT2D eigenvalue weighted by Crippen LogP contribution is 2.47. The summed E-state index contributed by atoms with van der Waals surface area (Å²) >= 11 is 0. The first-order valence-electron chi connectivity index (χ1n) is 5.41. The zero-order valence-corrected chi connectivity index (χ0v) is 9.00. The van der Waals surface area contributed by atoms with Crippen LogP contribution in [0.4, 0.5) is 5.69 Å². The largest absolute Gasteiger partial charge is 0.325 e. The minimum Gasteiger partial charge on any atom is -0.325 e. The van der Waals surface area contributed by atoms with Gasteiger partial charge in [-0.15, -0.1) is 0 Å². The average molecular weight is 202 g/mol. The molecule has 3 nitrogen and oxygen atoms in total. The lowest BCUT2D eigenvalue weighted by molar-refractivity contribution is -0.119. The van der Waals surface area contributed by atoms with Gasteiger partial charge >= 0.3 is 0 Å². The molecule has 0 saturated heterocycles. The molecule has 0 unspecified atom stereocenters. The Bertz CT molecular complexity index is 447. The highest BCUT2D eigenvalue weighted by molar-refractivity contribution is 6.05. The summed E-state index contributed by atoms with van der Waals surface area (Å²) in [5, 5.41) is 2.93. The maximum Gasteiger partial charge on any atom is 0.234 e. The first-order valence-corrected chi connectivity index (χ1v) is 5.41. The standard InChI is InChI=1S/C12H14N2O/c1-12(2)9-8(14-11(12)15)5-6-13-10(9)7-3-4-7/h5-7H,3-4H2,1-2H3,(H,14,15). The van der Waals surface area contributed by atoms with Crippen molar-refractivity contribution in [3.63, 3.8) is 0 Å². The van der Waals surface area contributed by atoms with Gasteiger partial charge in [-0.3, -0.25) is 9.78 Å². The van der Waals surface area contributed by atoms with Crippen molar-refractivity contribution in [3.05, 3.63) is 23.5 Å². The lowest BCUT2D eigenvalue weighted by atomic mass is 9.84. The maximum absolute atomic E-state index is 11.8. The van der Waals surface area contributed by atoms with Gasteiger partial charge in [0.15, 0.2) is 0 Å². The predicted molar refractivity (Wildman–Crippen MR) is 57.9 cm³/mol. The number of aromatic nitrogens is 1. The second-order valence-corrected chi connectivity index (χ2v) is 4.97. The highest BCUT2D eigenvalue weighted by Gasteiger charge is 2.43. The van der Waals surface area contributed by atoms with Crippen LogP contribution < -0.4 is 5.32 Å². The molecule has 2 aliphatic rings. The van der Waals surface area contributed by atoms with Gasteiger partial charge in [0.25, 0.3) is 0 Å². The molecule has 1 fully saturated rings. The Hall–Kier alpha value is -1.38. The Morgan fingerprint density at radius 2 is 2.20 bits per heavy atom. The summed E-state index contributed by atoms with van der Waals surface area (Å²) < 4.78 is 0. The number of hydrogen-bond donors (Lipinski definition) is 1. The van der Waals surface area contributed by atoms with Crippen LogP contribution in [0, 0.1) is 0 Å². The van der Waals surface area contributed by atoms with Crippen LogP contribution in [0.2, 0.25) is 0 Å². The Balaban J connectivity index is 2.22. The summed E-state index contributed by atoms with van der Waals surface area (Å²) in [5.41, 5.74) is 2.80. The fourth-order valence-electron chi connectivity index (χ4n) is 2.30. The molecule has 1 aromatic rings. The van der Waals surface area contributed by atoms with E-state index in [0.29, 0.717) is 5.92 Å². The molecule has 1 saturated carbocycles. The molecule has 0 radical (unpaired) electrons. The molecule has 1 N–H and O–H groups in total. The van der Waals surface area contributed by atoms with Crippen LogP contribution in [-0.4, -0.2) is 10.9 Å². The van der Waals surface area contributed by atoms with Gasteiger partial charge in [-0.1, -0.05) is 0 Å². The molecule has 78 valence electrons. The fourth-order valence-corrected chi connectivity index (χ4v) is 2.30. The van der Waals surface area contributed by atoms with Crippen LogP contribution in [0.1, 0.15) is 43.9 Å². The molecule has 15 heavy (non-hydrogen) atoms. The molecule has 0 bridgehead atoms. The third kappa shape index (κ3) is 1.12. The Morgan fingerprint density at radius 1 is 1.47 bits per heavy atom. The number of amides is 1. The molecule has 2 heterocycles. The van der Waals surface area contributed by atoms with E-state index < -0.39 is 5.41 Å².